The van der Waals surface area contributed by atoms with Gasteiger partial charge in [-0.15, -0.1) is 11.6 Å². The van der Waals surface area contributed by atoms with Crippen molar-refractivity contribution in [2.45, 2.75) is 50.1 Å². The summed E-state index contributed by atoms with van der Waals surface area (Å²) in [5.74, 6) is -0.0240. The second kappa shape index (κ2) is 5.30. The summed E-state index contributed by atoms with van der Waals surface area (Å²) < 4.78 is 0. The minimum atomic E-state index is -0.424. The molecule has 2 fully saturated rings. The third kappa shape index (κ3) is 2.50. The summed E-state index contributed by atoms with van der Waals surface area (Å²) in [6, 6.07) is 5.02. The Morgan fingerprint density at radius 1 is 1.33 bits per heavy atom. The Kier molecular flexibility index (Phi) is 3.61. The lowest BCUT2D eigenvalue weighted by Gasteiger charge is -2.37. The zero-order valence-corrected chi connectivity index (χ0v) is 12.5. The number of nitro benzene ring substituents is 1. The van der Waals surface area contributed by atoms with Gasteiger partial charge < -0.3 is 4.90 Å². The number of nitrogens with zero attached hydrogens (tertiary/aromatic N) is 2. The average Bonchev–Trinajstić information content (AvgIpc) is 2.69. The minimum Gasteiger partial charge on any atom is -0.333 e. The average molecular weight is 309 g/mol. The Morgan fingerprint density at radius 3 is 2.48 bits per heavy atom. The summed E-state index contributed by atoms with van der Waals surface area (Å²) in [5.41, 5.74) is 1.10. The number of halogens is 1. The molecule has 0 radical (unpaired) electrons. The van der Waals surface area contributed by atoms with Crippen LogP contribution in [0.15, 0.2) is 18.2 Å². The van der Waals surface area contributed by atoms with E-state index in [2.05, 4.69) is 0 Å². The number of amides is 1. The van der Waals surface area contributed by atoms with E-state index in [9.17, 15) is 14.9 Å². The molecule has 6 heteroatoms. The lowest BCUT2D eigenvalue weighted by Crippen LogP contribution is -2.46. The van der Waals surface area contributed by atoms with E-state index < -0.39 is 4.92 Å². The molecule has 2 aliphatic heterocycles. The number of carbonyl (C=O) groups excluding carboxylic acids is 1. The molecule has 0 aromatic heterocycles. The van der Waals surface area contributed by atoms with Crippen LogP contribution in [0, 0.1) is 17.0 Å². The van der Waals surface area contributed by atoms with Crippen molar-refractivity contribution < 1.29 is 9.72 Å². The SMILES string of the molecule is Cc1cc(C(=O)N2C3CCC2CC(Cl)C3)ccc1[N+](=O)[O-]. The highest BCUT2D eigenvalue weighted by molar-refractivity contribution is 6.20. The monoisotopic (exact) mass is 308 g/mol. The molecular formula is C15H17ClN2O3. The van der Waals surface area contributed by atoms with E-state index in [0.29, 0.717) is 11.1 Å². The number of aryl methyl sites for hydroxylation is 1. The molecular weight excluding hydrogens is 292 g/mol. The highest BCUT2D eigenvalue weighted by Crippen LogP contribution is 2.38. The first-order valence-corrected chi connectivity index (χ1v) is 7.63. The molecule has 5 nitrogen and oxygen atoms in total. The third-order valence-corrected chi connectivity index (χ3v) is 4.91. The maximum atomic E-state index is 12.7. The van der Waals surface area contributed by atoms with Crippen LogP contribution in [0.25, 0.3) is 0 Å². The van der Waals surface area contributed by atoms with Crippen molar-refractivity contribution >= 4 is 23.2 Å². The van der Waals surface area contributed by atoms with Crippen molar-refractivity contribution in [2.24, 2.45) is 0 Å². The normalized spacial score (nSPS) is 27.7. The Labute approximate surface area is 128 Å². The van der Waals surface area contributed by atoms with Gasteiger partial charge in [0, 0.05) is 34.7 Å². The number of hydrogen-bond donors (Lipinski definition) is 0. The summed E-state index contributed by atoms with van der Waals surface area (Å²) in [5, 5.41) is 11.0. The Bertz CT molecular complexity index is 591. The first kappa shape index (κ1) is 14.3. The second-order valence-electron chi connectivity index (χ2n) is 5.92. The van der Waals surface area contributed by atoms with Crippen molar-refractivity contribution in [3.05, 3.63) is 39.4 Å². The topological polar surface area (TPSA) is 63.5 Å². The zero-order chi connectivity index (χ0) is 15.1. The van der Waals surface area contributed by atoms with Crippen LogP contribution >= 0.6 is 11.6 Å². The number of hydrogen-bond acceptors (Lipinski definition) is 3. The lowest BCUT2D eigenvalue weighted by atomic mass is 10.00. The summed E-state index contributed by atoms with van der Waals surface area (Å²) >= 11 is 6.23. The Hall–Kier alpha value is -1.62. The molecule has 2 bridgehead atoms. The Morgan fingerprint density at radius 2 is 1.95 bits per heavy atom. The second-order valence-corrected chi connectivity index (χ2v) is 6.54. The summed E-state index contributed by atoms with van der Waals surface area (Å²) in [6.45, 7) is 1.66. The molecule has 21 heavy (non-hydrogen) atoms. The molecule has 0 aliphatic carbocycles. The van der Waals surface area contributed by atoms with Crippen LogP contribution in [0.1, 0.15) is 41.6 Å². The molecule has 1 amide bonds. The highest BCUT2D eigenvalue weighted by Gasteiger charge is 2.42. The van der Waals surface area contributed by atoms with E-state index in [0.717, 1.165) is 25.7 Å². The Balaban J connectivity index is 1.86. The largest absolute Gasteiger partial charge is 0.333 e. The summed E-state index contributed by atoms with van der Waals surface area (Å²) in [6.07, 6.45) is 3.70. The maximum absolute atomic E-state index is 12.7. The van der Waals surface area contributed by atoms with Crippen molar-refractivity contribution in [1.82, 2.24) is 4.90 Å². The van der Waals surface area contributed by atoms with Crippen molar-refractivity contribution in [2.75, 3.05) is 0 Å². The van der Waals surface area contributed by atoms with Crippen LogP contribution in [0.5, 0.6) is 0 Å². The van der Waals surface area contributed by atoms with Gasteiger partial charge in [-0.2, -0.15) is 0 Å². The molecule has 0 spiro atoms. The number of carbonyl (C=O) groups is 1. The van der Waals surface area contributed by atoms with Gasteiger partial charge in [-0.1, -0.05) is 0 Å². The quantitative estimate of drug-likeness (QED) is 0.478. The first-order valence-electron chi connectivity index (χ1n) is 7.19. The van der Waals surface area contributed by atoms with Crippen molar-refractivity contribution in [3.8, 4) is 0 Å². The van der Waals surface area contributed by atoms with Crippen LogP contribution in [-0.4, -0.2) is 33.2 Å². The number of rotatable bonds is 2. The number of nitro groups is 1. The van der Waals surface area contributed by atoms with Crippen molar-refractivity contribution in [1.29, 1.82) is 0 Å². The number of alkyl halides is 1. The van der Waals surface area contributed by atoms with Crippen LogP contribution in [0.2, 0.25) is 0 Å². The number of fused-ring (bicyclic) bond motifs is 2. The molecule has 2 saturated heterocycles. The van der Waals surface area contributed by atoms with E-state index in [-0.39, 0.29) is 29.1 Å². The molecule has 0 saturated carbocycles. The van der Waals surface area contributed by atoms with Crippen LogP contribution in [0.3, 0.4) is 0 Å². The molecule has 2 atom stereocenters. The summed E-state index contributed by atoms with van der Waals surface area (Å²) in [4.78, 5) is 25.1. The predicted octanol–water partition coefficient (Wildman–Crippen LogP) is 3.28. The fraction of sp³-hybridized carbons (Fsp3) is 0.533. The van der Waals surface area contributed by atoms with E-state index in [4.69, 9.17) is 11.6 Å². The molecule has 2 heterocycles. The smallest absolute Gasteiger partial charge is 0.272 e. The molecule has 0 N–H and O–H groups in total. The van der Waals surface area contributed by atoms with E-state index >= 15 is 0 Å². The predicted molar refractivity (Wildman–Crippen MR) is 79.7 cm³/mol. The molecule has 1 aromatic carbocycles. The van der Waals surface area contributed by atoms with Gasteiger partial charge in [-0.3, -0.25) is 14.9 Å². The van der Waals surface area contributed by atoms with Crippen LogP contribution < -0.4 is 0 Å². The van der Waals surface area contributed by atoms with Gasteiger partial charge in [0.05, 0.1) is 4.92 Å². The fourth-order valence-corrected chi connectivity index (χ4v) is 4.00. The van der Waals surface area contributed by atoms with Gasteiger partial charge in [0.1, 0.15) is 0 Å². The van der Waals surface area contributed by atoms with Crippen LogP contribution in [-0.2, 0) is 0 Å². The van der Waals surface area contributed by atoms with Gasteiger partial charge in [-0.25, -0.2) is 0 Å². The number of piperidine rings is 1. The standard InChI is InChI=1S/C15H17ClN2O3/c1-9-6-10(2-5-14(9)18(20)21)15(19)17-12-3-4-13(17)8-11(16)7-12/h2,5-6,11-13H,3-4,7-8H2,1H3. The van der Waals surface area contributed by atoms with Gasteiger partial charge >= 0.3 is 0 Å². The molecule has 3 rings (SSSR count). The van der Waals surface area contributed by atoms with Gasteiger partial charge in [0.2, 0.25) is 0 Å². The maximum Gasteiger partial charge on any atom is 0.272 e. The fourth-order valence-electron chi connectivity index (χ4n) is 3.58. The zero-order valence-electron chi connectivity index (χ0n) is 11.8. The minimum absolute atomic E-state index is 0.0240. The molecule has 112 valence electrons. The summed E-state index contributed by atoms with van der Waals surface area (Å²) in [7, 11) is 0. The molecule has 2 aliphatic rings. The van der Waals surface area contributed by atoms with Gasteiger partial charge in [0.25, 0.3) is 11.6 Å². The van der Waals surface area contributed by atoms with Crippen molar-refractivity contribution in [3.63, 3.8) is 0 Å². The third-order valence-electron chi connectivity index (χ3n) is 4.55. The van der Waals surface area contributed by atoms with E-state index in [1.807, 2.05) is 4.90 Å². The van der Waals surface area contributed by atoms with E-state index in [1.54, 1.807) is 19.1 Å². The molecule has 2 unspecified atom stereocenters. The highest BCUT2D eigenvalue weighted by atomic mass is 35.5. The lowest BCUT2D eigenvalue weighted by molar-refractivity contribution is -0.385. The van der Waals surface area contributed by atoms with Crippen LogP contribution in [0.4, 0.5) is 5.69 Å². The first-order chi connectivity index (χ1) is 9.97. The van der Waals surface area contributed by atoms with Gasteiger partial charge in [0.15, 0.2) is 0 Å². The molecule has 1 aromatic rings. The van der Waals surface area contributed by atoms with Gasteiger partial charge in [-0.05, 0) is 44.7 Å². The van der Waals surface area contributed by atoms with E-state index in [1.165, 1.54) is 6.07 Å². The number of benzene rings is 1.